The van der Waals surface area contributed by atoms with Crippen LogP contribution in [-0.4, -0.2) is 31.7 Å². The number of amides is 1. The minimum atomic E-state index is -0.309. The standard InChI is InChI=1S/C14H28N2O2/c1-13(2,11-18-3)16-12(17)9-14(10-15)7-5-4-6-8-14/h4-11,15H2,1-3H3,(H,16,17). The lowest BCUT2D eigenvalue weighted by atomic mass is 9.71. The van der Waals surface area contributed by atoms with Gasteiger partial charge in [-0.15, -0.1) is 0 Å². The maximum absolute atomic E-state index is 12.1. The second-order valence-corrected chi connectivity index (χ2v) is 6.31. The van der Waals surface area contributed by atoms with E-state index in [0.29, 0.717) is 19.6 Å². The second-order valence-electron chi connectivity index (χ2n) is 6.31. The summed E-state index contributed by atoms with van der Waals surface area (Å²) in [6, 6.07) is 0. The first-order chi connectivity index (χ1) is 8.43. The third kappa shape index (κ3) is 4.58. The van der Waals surface area contributed by atoms with Gasteiger partial charge in [-0.05, 0) is 38.6 Å². The average molecular weight is 256 g/mol. The van der Waals surface area contributed by atoms with Crippen LogP contribution in [0.4, 0.5) is 0 Å². The molecule has 1 rings (SSSR count). The summed E-state index contributed by atoms with van der Waals surface area (Å²) in [4.78, 5) is 12.1. The van der Waals surface area contributed by atoms with Gasteiger partial charge in [0.2, 0.25) is 5.91 Å². The van der Waals surface area contributed by atoms with Gasteiger partial charge in [-0.1, -0.05) is 19.3 Å². The molecule has 0 saturated heterocycles. The maximum Gasteiger partial charge on any atom is 0.221 e. The first kappa shape index (κ1) is 15.4. The zero-order valence-electron chi connectivity index (χ0n) is 12.1. The number of methoxy groups -OCH3 is 1. The molecular formula is C14H28N2O2. The summed E-state index contributed by atoms with van der Waals surface area (Å²) in [5.74, 6) is 0.101. The molecule has 4 nitrogen and oxygen atoms in total. The Hall–Kier alpha value is -0.610. The highest BCUT2D eigenvalue weighted by Gasteiger charge is 2.34. The number of rotatable bonds is 6. The largest absolute Gasteiger partial charge is 0.382 e. The number of ether oxygens (including phenoxy) is 1. The normalized spacial score (nSPS) is 19.6. The van der Waals surface area contributed by atoms with Gasteiger partial charge in [0.05, 0.1) is 12.1 Å². The van der Waals surface area contributed by atoms with Gasteiger partial charge in [0.25, 0.3) is 0 Å². The summed E-state index contributed by atoms with van der Waals surface area (Å²) >= 11 is 0. The Bertz CT molecular complexity index is 271. The number of carbonyl (C=O) groups is 1. The Labute approximate surface area is 111 Å². The first-order valence-corrected chi connectivity index (χ1v) is 6.93. The SMILES string of the molecule is COCC(C)(C)NC(=O)CC1(CN)CCCCC1. The molecule has 0 aromatic rings. The van der Waals surface area contributed by atoms with E-state index in [1.54, 1.807) is 7.11 Å². The fourth-order valence-corrected chi connectivity index (χ4v) is 2.91. The Morgan fingerprint density at radius 1 is 1.33 bits per heavy atom. The van der Waals surface area contributed by atoms with E-state index in [2.05, 4.69) is 5.32 Å². The highest BCUT2D eigenvalue weighted by molar-refractivity contribution is 5.77. The molecule has 4 heteroatoms. The molecule has 0 unspecified atom stereocenters. The van der Waals surface area contributed by atoms with Crippen LogP contribution < -0.4 is 11.1 Å². The zero-order chi connectivity index (χ0) is 13.6. The third-order valence-corrected chi connectivity index (χ3v) is 3.87. The molecule has 0 spiro atoms. The molecule has 18 heavy (non-hydrogen) atoms. The molecule has 1 amide bonds. The van der Waals surface area contributed by atoms with Crippen molar-refractivity contribution in [2.45, 2.75) is 57.9 Å². The number of hydrogen-bond donors (Lipinski definition) is 2. The van der Waals surface area contributed by atoms with Crippen molar-refractivity contribution >= 4 is 5.91 Å². The van der Waals surface area contributed by atoms with Crippen molar-refractivity contribution in [3.8, 4) is 0 Å². The van der Waals surface area contributed by atoms with Crippen LogP contribution in [0.25, 0.3) is 0 Å². The fraction of sp³-hybridized carbons (Fsp3) is 0.929. The van der Waals surface area contributed by atoms with Crippen LogP contribution in [-0.2, 0) is 9.53 Å². The molecule has 0 heterocycles. The molecule has 0 radical (unpaired) electrons. The van der Waals surface area contributed by atoms with Crippen molar-refractivity contribution in [2.24, 2.45) is 11.1 Å². The van der Waals surface area contributed by atoms with E-state index in [1.165, 1.54) is 19.3 Å². The summed E-state index contributed by atoms with van der Waals surface area (Å²) < 4.78 is 5.11. The molecule has 106 valence electrons. The van der Waals surface area contributed by atoms with Gasteiger partial charge in [-0.25, -0.2) is 0 Å². The molecule has 1 aliphatic carbocycles. The van der Waals surface area contributed by atoms with Gasteiger partial charge in [0.1, 0.15) is 0 Å². The molecule has 3 N–H and O–H groups in total. The number of hydrogen-bond acceptors (Lipinski definition) is 3. The minimum Gasteiger partial charge on any atom is -0.382 e. The van der Waals surface area contributed by atoms with Crippen LogP contribution >= 0.6 is 0 Å². The molecule has 1 saturated carbocycles. The van der Waals surface area contributed by atoms with Gasteiger partial charge < -0.3 is 15.8 Å². The monoisotopic (exact) mass is 256 g/mol. The van der Waals surface area contributed by atoms with Gasteiger partial charge in [0.15, 0.2) is 0 Å². The molecule has 0 aromatic heterocycles. The van der Waals surface area contributed by atoms with Crippen molar-refractivity contribution in [2.75, 3.05) is 20.3 Å². The molecule has 0 aromatic carbocycles. The number of nitrogens with one attached hydrogen (secondary N) is 1. The van der Waals surface area contributed by atoms with Crippen LogP contribution in [0.3, 0.4) is 0 Å². The molecule has 0 bridgehead atoms. The Morgan fingerprint density at radius 3 is 2.44 bits per heavy atom. The van der Waals surface area contributed by atoms with Crippen LogP contribution in [0.15, 0.2) is 0 Å². The molecular weight excluding hydrogens is 228 g/mol. The Kier molecular flexibility index (Phi) is 5.60. The Morgan fingerprint density at radius 2 is 1.94 bits per heavy atom. The van der Waals surface area contributed by atoms with Crippen molar-refractivity contribution in [1.82, 2.24) is 5.32 Å². The van der Waals surface area contributed by atoms with Crippen molar-refractivity contribution < 1.29 is 9.53 Å². The lowest BCUT2D eigenvalue weighted by molar-refractivity contribution is -0.126. The summed E-state index contributed by atoms with van der Waals surface area (Å²) in [6.07, 6.45) is 6.40. The van der Waals surface area contributed by atoms with E-state index in [-0.39, 0.29) is 16.9 Å². The minimum absolute atomic E-state index is 0.0332. The predicted octanol–water partition coefficient (Wildman–Crippen LogP) is 1.83. The van der Waals surface area contributed by atoms with Gasteiger partial charge in [0, 0.05) is 13.5 Å². The van der Waals surface area contributed by atoms with E-state index >= 15 is 0 Å². The number of carbonyl (C=O) groups excluding carboxylic acids is 1. The van der Waals surface area contributed by atoms with Crippen LogP contribution in [0, 0.1) is 5.41 Å². The Balaban J connectivity index is 2.51. The van der Waals surface area contributed by atoms with Crippen LogP contribution in [0.1, 0.15) is 52.4 Å². The van der Waals surface area contributed by atoms with E-state index in [4.69, 9.17) is 10.5 Å². The highest BCUT2D eigenvalue weighted by Crippen LogP contribution is 2.38. The highest BCUT2D eigenvalue weighted by atomic mass is 16.5. The molecule has 0 atom stereocenters. The third-order valence-electron chi connectivity index (χ3n) is 3.87. The van der Waals surface area contributed by atoms with Crippen molar-refractivity contribution in [3.05, 3.63) is 0 Å². The maximum atomic E-state index is 12.1. The summed E-state index contributed by atoms with van der Waals surface area (Å²) in [7, 11) is 1.65. The second kappa shape index (κ2) is 6.53. The lowest BCUT2D eigenvalue weighted by Crippen LogP contribution is -2.49. The van der Waals surface area contributed by atoms with Crippen molar-refractivity contribution in [1.29, 1.82) is 0 Å². The van der Waals surface area contributed by atoms with Crippen LogP contribution in [0.2, 0.25) is 0 Å². The predicted molar refractivity (Wildman–Crippen MR) is 73.3 cm³/mol. The van der Waals surface area contributed by atoms with Crippen LogP contribution in [0.5, 0.6) is 0 Å². The van der Waals surface area contributed by atoms with E-state index < -0.39 is 0 Å². The van der Waals surface area contributed by atoms with E-state index in [9.17, 15) is 4.79 Å². The smallest absolute Gasteiger partial charge is 0.221 e. The summed E-state index contributed by atoms with van der Waals surface area (Å²) in [5, 5.41) is 3.04. The molecule has 1 aliphatic rings. The lowest BCUT2D eigenvalue weighted by Gasteiger charge is -2.37. The summed E-state index contributed by atoms with van der Waals surface area (Å²) in [6.45, 7) is 5.09. The van der Waals surface area contributed by atoms with Crippen molar-refractivity contribution in [3.63, 3.8) is 0 Å². The van der Waals surface area contributed by atoms with E-state index in [1.807, 2.05) is 13.8 Å². The quantitative estimate of drug-likeness (QED) is 0.762. The van der Waals surface area contributed by atoms with Gasteiger partial charge in [-0.3, -0.25) is 4.79 Å². The van der Waals surface area contributed by atoms with E-state index in [0.717, 1.165) is 12.8 Å². The number of nitrogens with two attached hydrogens (primary N) is 1. The summed E-state index contributed by atoms with van der Waals surface area (Å²) in [5.41, 5.74) is 5.63. The molecule has 1 fully saturated rings. The first-order valence-electron chi connectivity index (χ1n) is 6.93. The zero-order valence-corrected chi connectivity index (χ0v) is 12.1. The van der Waals surface area contributed by atoms with Gasteiger partial charge in [-0.2, -0.15) is 0 Å². The van der Waals surface area contributed by atoms with Gasteiger partial charge >= 0.3 is 0 Å². The topological polar surface area (TPSA) is 64.3 Å². The average Bonchev–Trinajstić information content (AvgIpc) is 2.29. The fourth-order valence-electron chi connectivity index (χ4n) is 2.91. The molecule has 0 aliphatic heterocycles.